The van der Waals surface area contributed by atoms with Crippen molar-refractivity contribution < 1.29 is 4.42 Å². The van der Waals surface area contributed by atoms with Crippen LogP contribution in [-0.4, -0.2) is 9.55 Å². The molecule has 0 amide bonds. The van der Waals surface area contributed by atoms with Gasteiger partial charge in [0.05, 0.1) is 6.54 Å². The summed E-state index contributed by atoms with van der Waals surface area (Å²) in [6.45, 7) is 0.389. The summed E-state index contributed by atoms with van der Waals surface area (Å²) in [4.78, 5) is 16.3. The smallest absolute Gasteiger partial charge is 0.255 e. The van der Waals surface area contributed by atoms with Crippen LogP contribution in [0.5, 0.6) is 0 Å². The summed E-state index contributed by atoms with van der Waals surface area (Å²) in [5, 5.41) is 0.263. The van der Waals surface area contributed by atoms with Crippen LogP contribution in [0.4, 0.5) is 0 Å². The van der Waals surface area contributed by atoms with Gasteiger partial charge in [-0.1, -0.05) is 11.6 Å². The van der Waals surface area contributed by atoms with E-state index in [4.69, 9.17) is 16.0 Å². The highest BCUT2D eigenvalue weighted by molar-refractivity contribution is 9.10. The Balaban J connectivity index is 2.02. The van der Waals surface area contributed by atoms with Gasteiger partial charge in [0.2, 0.25) is 0 Å². The fourth-order valence-corrected chi connectivity index (χ4v) is 2.42. The van der Waals surface area contributed by atoms with Crippen molar-refractivity contribution in [1.82, 2.24) is 9.55 Å². The number of aromatic nitrogens is 2. The summed E-state index contributed by atoms with van der Waals surface area (Å²) in [6, 6.07) is 4.98. The predicted molar refractivity (Wildman–Crippen MR) is 71.0 cm³/mol. The summed E-state index contributed by atoms with van der Waals surface area (Å²) < 4.78 is 7.71. The van der Waals surface area contributed by atoms with Gasteiger partial charge in [0, 0.05) is 12.0 Å². The molecule has 0 aromatic carbocycles. The maximum absolute atomic E-state index is 12.0. The maximum Gasteiger partial charge on any atom is 0.255 e. The largest absolute Gasteiger partial charge is 0.452 e. The lowest BCUT2D eigenvalue weighted by Gasteiger charge is -2.09. The zero-order valence-electron chi connectivity index (χ0n) is 9.40. The summed E-state index contributed by atoms with van der Waals surface area (Å²) >= 11 is 9.09. The van der Waals surface area contributed by atoms with Crippen LogP contribution in [-0.2, 0) is 6.54 Å². The molecule has 2 aromatic heterocycles. The Labute approximate surface area is 117 Å². The number of nitrogens with zero attached hydrogens (tertiary/aromatic N) is 2. The van der Waals surface area contributed by atoms with E-state index in [1.165, 1.54) is 6.07 Å². The summed E-state index contributed by atoms with van der Waals surface area (Å²) in [5.41, 5.74) is -0.135. The first-order valence-electron chi connectivity index (χ1n) is 5.65. The van der Waals surface area contributed by atoms with Gasteiger partial charge in [-0.15, -0.1) is 0 Å². The van der Waals surface area contributed by atoms with Crippen molar-refractivity contribution in [3.05, 3.63) is 50.0 Å². The van der Waals surface area contributed by atoms with E-state index < -0.39 is 0 Å². The molecule has 1 aliphatic carbocycles. The molecule has 0 bridgehead atoms. The highest BCUT2D eigenvalue weighted by Gasteiger charge is 2.29. The van der Waals surface area contributed by atoms with Gasteiger partial charge in [-0.05, 0) is 40.9 Å². The zero-order chi connectivity index (χ0) is 12.7. The van der Waals surface area contributed by atoms with Crippen molar-refractivity contribution >= 4 is 27.5 Å². The van der Waals surface area contributed by atoms with Crippen molar-refractivity contribution in [2.45, 2.75) is 25.3 Å². The van der Waals surface area contributed by atoms with Crippen LogP contribution in [0, 0.1) is 0 Å². The summed E-state index contributed by atoms with van der Waals surface area (Å²) in [5.74, 6) is 1.84. The highest BCUT2D eigenvalue weighted by atomic mass is 79.9. The first-order valence-corrected chi connectivity index (χ1v) is 6.82. The molecule has 0 saturated heterocycles. The fourth-order valence-electron chi connectivity index (χ4n) is 1.90. The van der Waals surface area contributed by atoms with Crippen molar-refractivity contribution in [1.29, 1.82) is 0 Å². The van der Waals surface area contributed by atoms with E-state index in [0.717, 1.165) is 24.4 Å². The molecule has 1 aliphatic rings. The van der Waals surface area contributed by atoms with E-state index in [0.29, 0.717) is 17.1 Å². The van der Waals surface area contributed by atoms with Gasteiger partial charge in [-0.25, -0.2) is 4.98 Å². The molecule has 0 unspecified atom stereocenters. The number of hydrogen-bond acceptors (Lipinski definition) is 3. The molecule has 1 saturated carbocycles. The molecular weight excluding hydrogens is 320 g/mol. The van der Waals surface area contributed by atoms with E-state index in [9.17, 15) is 4.79 Å². The van der Waals surface area contributed by atoms with Gasteiger partial charge >= 0.3 is 0 Å². The molecule has 0 radical (unpaired) electrons. The average Bonchev–Trinajstić information content (AvgIpc) is 3.06. The van der Waals surface area contributed by atoms with Gasteiger partial charge in [-0.3, -0.25) is 9.36 Å². The number of hydrogen-bond donors (Lipinski definition) is 0. The minimum Gasteiger partial charge on any atom is -0.452 e. The quantitative estimate of drug-likeness (QED) is 0.813. The Morgan fingerprint density at radius 2 is 2.28 bits per heavy atom. The van der Waals surface area contributed by atoms with Crippen LogP contribution in [0.1, 0.15) is 30.3 Å². The summed E-state index contributed by atoms with van der Waals surface area (Å²) in [6.07, 6.45) is 2.13. The molecule has 3 rings (SSSR count). The van der Waals surface area contributed by atoms with Crippen LogP contribution in [0.25, 0.3) is 0 Å². The van der Waals surface area contributed by atoms with Crippen molar-refractivity contribution in [3.8, 4) is 0 Å². The first-order chi connectivity index (χ1) is 8.63. The van der Waals surface area contributed by atoms with Gasteiger partial charge in [-0.2, -0.15) is 0 Å². The minimum absolute atomic E-state index is 0.135. The molecule has 4 nitrogen and oxygen atoms in total. The second kappa shape index (κ2) is 4.55. The number of furan rings is 1. The van der Waals surface area contributed by atoms with E-state index in [-0.39, 0.29) is 10.7 Å². The fraction of sp³-hybridized carbons (Fsp3) is 0.333. The van der Waals surface area contributed by atoms with E-state index in [1.54, 1.807) is 10.6 Å². The normalized spacial score (nSPS) is 15.0. The third kappa shape index (κ3) is 2.37. The average molecular weight is 330 g/mol. The van der Waals surface area contributed by atoms with Crippen LogP contribution < -0.4 is 5.56 Å². The van der Waals surface area contributed by atoms with Crippen molar-refractivity contribution in [2.24, 2.45) is 0 Å². The summed E-state index contributed by atoms with van der Waals surface area (Å²) in [7, 11) is 0. The molecule has 6 heteroatoms. The van der Waals surface area contributed by atoms with Crippen LogP contribution in [0.3, 0.4) is 0 Å². The number of rotatable bonds is 3. The second-order valence-corrected chi connectivity index (χ2v) is 5.51. The standard InChI is InChI=1S/C12H10BrClN2O2/c13-9-4-3-8(18-9)6-16-11(17)5-10(14)15-12(16)7-1-2-7/h3-5,7H,1-2,6H2. The topological polar surface area (TPSA) is 48.0 Å². The third-order valence-electron chi connectivity index (χ3n) is 2.89. The second-order valence-electron chi connectivity index (χ2n) is 4.34. The molecule has 2 heterocycles. The number of halogens is 2. The third-order valence-corrected chi connectivity index (χ3v) is 3.51. The molecule has 0 spiro atoms. The zero-order valence-corrected chi connectivity index (χ0v) is 11.7. The van der Waals surface area contributed by atoms with Crippen LogP contribution in [0.15, 0.2) is 32.1 Å². The van der Waals surface area contributed by atoms with Gasteiger partial charge in [0.1, 0.15) is 16.7 Å². The molecule has 2 aromatic rings. The Bertz CT molecular complexity index is 646. The highest BCUT2D eigenvalue weighted by Crippen LogP contribution is 2.39. The Morgan fingerprint density at radius 3 is 2.89 bits per heavy atom. The molecule has 94 valence electrons. The predicted octanol–water partition coefficient (Wildman–Crippen LogP) is 3.18. The first kappa shape index (κ1) is 12.0. The van der Waals surface area contributed by atoms with Crippen LogP contribution in [0.2, 0.25) is 5.15 Å². The van der Waals surface area contributed by atoms with Crippen LogP contribution >= 0.6 is 27.5 Å². The van der Waals surface area contributed by atoms with Gasteiger partial charge in [0.15, 0.2) is 4.67 Å². The molecule has 1 fully saturated rings. The lowest BCUT2D eigenvalue weighted by atomic mass is 10.3. The monoisotopic (exact) mass is 328 g/mol. The van der Waals surface area contributed by atoms with Gasteiger partial charge < -0.3 is 4.42 Å². The molecule has 0 aliphatic heterocycles. The lowest BCUT2D eigenvalue weighted by molar-refractivity contribution is 0.464. The van der Waals surface area contributed by atoms with E-state index in [2.05, 4.69) is 20.9 Å². The molecule has 0 atom stereocenters. The Morgan fingerprint density at radius 1 is 1.50 bits per heavy atom. The van der Waals surface area contributed by atoms with E-state index >= 15 is 0 Å². The molecule has 0 N–H and O–H groups in total. The Kier molecular flexibility index (Phi) is 3.03. The SMILES string of the molecule is O=c1cc(Cl)nc(C2CC2)n1Cc1ccc(Br)o1. The Hall–Kier alpha value is -1.07. The van der Waals surface area contributed by atoms with Crippen molar-refractivity contribution in [3.63, 3.8) is 0 Å². The lowest BCUT2D eigenvalue weighted by Crippen LogP contribution is -2.24. The van der Waals surface area contributed by atoms with Gasteiger partial charge in [0.25, 0.3) is 5.56 Å². The van der Waals surface area contributed by atoms with E-state index in [1.807, 2.05) is 6.07 Å². The minimum atomic E-state index is -0.135. The van der Waals surface area contributed by atoms with Crippen molar-refractivity contribution in [2.75, 3.05) is 0 Å². The maximum atomic E-state index is 12.0. The molecular formula is C12H10BrClN2O2. The molecule has 18 heavy (non-hydrogen) atoms.